The van der Waals surface area contributed by atoms with E-state index in [-0.39, 0.29) is 19.3 Å². The Hall–Kier alpha value is -1.69. The van der Waals surface area contributed by atoms with Crippen LogP contribution < -0.4 is 4.74 Å². The number of piperidine rings is 1. The minimum absolute atomic E-state index is 0.0781. The van der Waals surface area contributed by atoms with Gasteiger partial charge >= 0.3 is 5.97 Å². The number of carbonyl (C=O) groups is 1. The molecular weight excluding hydrogens is 292 g/mol. The molecule has 22 heavy (non-hydrogen) atoms. The highest BCUT2D eigenvalue weighted by atomic mass is 19.3. The van der Waals surface area contributed by atoms with E-state index in [1.54, 1.807) is 0 Å². The number of likely N-dealkylation sites (tertiary alicyclic amines) is 1. The van der Waals surface area contributed by atoms with Crippen molar-refractivity contribution in [3.63, 3.8) is 0 Å². The van der Waals surface area contributed by atoms with Crippen LogP contribution >= 0.6 is 0 Å². The molecule has 4 nitrogen and oxygen atoms in total. The Morgan fingerprint density at radius 2 is 1.86 bits per heavy atom. The molecule has 1 heterocycles. The van der Waals surface area contributed by atoms with E-state index in [0.29, 0.717) is 38.4 Å². The van der Waals surface area contributed by atoms with Gasteiger partial charge in [-0.3, -0.25) is 9.69 Å². The van der Waals surface area contributed by atoms with E-state index in [9.17, 15) is 13.6 Å². The summed E-state index contributed by atoms with van der Waals surface area (Å²) < 4.78 is 31.6. The summed E-state index contributed by atoms with van der Waals surface area (Å²) in [7, 11) is 0. The Kier molecular flexibility index (Phi) is 5.71. The van der Waals surface area contributed by atoms with Gasteiger partial charge in [-0.25, -0.2) is 8.78 Å². The van der Waals surface area contributed by atoms with Crippen LogP contribution in [0.5, 0.6) is 5.75 Å². The number of carboxylic acids is 1. The number of carboxylic acid groups (broad SMARTS) is 1. The molecule has 0 radical (unpaired) electrons. The van der Waals surface area contributed by atoms with Crippen LogP contribution in [-0.2, 0) is 11.2 Å². The number of aryl methyl sites for hydroxylation is 1. The van der Waals surface area contributed by atoms with Crippen molar-refractivity contribution in [2.45, 2.75) is 31.6 Å². The summed E-state index contributed by atoms with van der Waals surface area (Å²) in [6.45, 7) is 1.91. The van der Waals surface area contributed by atoms with Crippen molar-refractivity contribution in [1.29, 1.82) is 0 Å². The van der Waals surface area contributed by atoms with Crippen LogP contribution in [0.1, 0.15) is 24.8 Å². The molecule has 1 aromatic carbocycles. The average molecular weight is 313 g/mol. The third kappa shape index (κ3) is 5.60. The molecule has 0 saturated carbocycles. The van der Waals surface area contributed by atoms with Gasteiger partial charge in [-0.15, -0.1) is 0 Å². The summed E-state index contributed by atoms with van der Waals surface area (Å²) in [4.78, 5) is 12.5. The standard InChI is InChI=1S/C16H21F2NO3/c17-16(18)7-9-19(10-8-16)11-12-22-14-4-1-13(2-5-14)3-6-15(20)21/h1-2,4-5H,3,6-12H2,(H,20,21). The van der Waals surface area contributed by atoms with Gasteiger partial charge in [-0.05, 0) is 24.1 Å². The number of ether oxygens (including phenoxy) is 1. The first kappa shape index (κ1) is 16.7. The lowest BCUT2D eigenvalue weighted by atomic mass is 10.1. The topological polar surface area (TPSA) is 49.8 Å². The zero-order chi connectivity index (χ0) is 16.0. The average Bonchev–Trinajstić information content (AvgIpc) is 2.48. The first-order valence-corrected chi connectivity index (χ1v) is 7.48. The van der Waals surface area contributed by atoms with Gasteiger partial charge in [0.2, 0.25) is 0 Å². The van der Waals surface area contributed by atoms with E-state index < -0.39 is 11.9 Å². The summed E-state index contributed by atoms with van der Waals surface area (Å²) >= 11 is 0. The lowest BCUT2D eigenvalue weighted by molar-refractivity contribution is -0.136. The van der Waals surface area contributed by atoms with E-state index in [1.165, 1.54) is 0 Å². The van der Waals surface area contributed by atoms with E-state index in [4.69, 9.17) is 9.84 Å². The molecule has 1 saturated heterocycles. The van der Waals surface area contributed by atoms with Crippen LogP contribution in [0.4, 0.5) is 8.78 Å². The fourth-order valence-electron chi connectivity index (χ4n) is 2.40. The molecule has 122 valence electrons. The molecule has 1 aromatic rings. The first-order valence-electron chi connectivity index (χ1n) is 7.48. The summed E-state index contributed by atoms with van der Waals surface area (Å²) in [6, 6.07) is 7.31. The fourth-order valence-corrected chi connectivity index (χ4v) is 2.40. The van der Waals surface area contributed by atoms with Gasteiger partial charge in [0.05, 0.1) is 0 Å². The second kappa shape index (κ2) is 7.54. The monoisotopic (exact) mass is 313 g/mol. The molecule has 1 aliphatic heterocycles. The predicted octanol–water partition coefficient (Wildman–Crippen LogP) is 2.81. The molecule has 0 aromatic heterocycles. The molecule has 0 spiro atoms. The number of nitrogens with zero attached hydrogens (tertiary/aromatic N) is 1. The van der Waals surface area contributed by atoms with Gasteiger partial charge < -0.3 is 9.84 Å². The minimum atomic E-state index is -2.51. The van der Waals surface area contributed by atoms with Crippen molar-refractivity contribution < 1.29 is 23.4 Å². The quantitative estimate of drug-likeness (QED) is 0.841. The van der Waals surface area contributed by atoms with Crippen molar-refractivity contribution in [2.24, 2.45) is 0 Å². The van der Waals surface area contributed by atoms with Crippen LogP contribution in [0.25, 0.3) is 0 Å². The second-order valence-corrected chi connectivity index (χ2v) is 5.58. The van der Waals surface area contributed by atoms with Crippen molar-refractivity contribution in [2.75, 3.05) is 26.2 Å². The third-order valence-corrected chi connectivity index (χ3v) is 3.81. The number of alkyl halides is 2. The number of benzene rings is 1. The molecular formula is C16H21F2NO3. The van der Waals surface area contributed by atoms with Crippen molar-refractivity contribution in [3.8, 4) is 5.75 Å². The number of hydrogen-bond acceptors (Lipinski definition) is 3. The summed E-state index contributed by atoms with van der Waals surface area (Å²) in [6.07, 6.45) is 0.452. The molecule has 0 amide bonds. The molecule has 1 fully saturated rings. The maximum atomic E-state index is 13.0. The van der Waals surface area contributed by atoms with Gasteiger partial charge in [0.1, 0.15) is 12.4 Å². The molecule has 2 rings (SSSR count). The summed E-state index contributed by atoms with van der Waals surface area (Å²) in [5.74, 6) is -2.61. The van der Waals surface area contributed by atoms with E-state index in [1.807, 2.05) is 29.2 Å². The first-order chi connectivity index (χ1) is 10.4. The molecule has 1 N–H and O–H groups in total. The Morgan fingerprint density at radius 1 is 1.23 bits per heavy atom. The SMILES string of the molecule is O=C(O)CCc1ccc(OCCN2CCC(F)(F)CC2)cc1. The van der Waals surface area contributed by atoms with Crippen LogP contribution in [0, 0.1) is 0 Å². The lowest BCUT2D eigenvalue weighted by Gasteiger charge is -2.31. The van der Waals surface area contributed by atoms with Crippen LogP contribution in [0.2, 0.25) is 0 Å². The Bertz CT molecular complexity index is 481. The molecule has 6 heteroatoms. The number of halogens is 2. The van der Waals surface area contributed by atoms with E-state index in [0.717, 1.165) is 5.56 Å². The molecule has 0 aliphatic carbocycles. The minimum Gasteiger partial charge on any atom is -0.492 e. The maximum Gasteiger partial charge on any atom is 0.303 e. The van der Waals surface area contributed by atoms with Crippen molar-refractivity contribution in [1.82, 2.24) is 4.90 Å². The highest BCUT2D eigenvalue weighted by molar-refractivity contribution is 5.67. The van der Waals surface area contributed by atoms with Crippen LogP contribution in [-0.4, -0.2) is 48.1 Å². The Labute approximate surface area is 128 Å². The molecule has 1 aliphatic rings. The highest BCUT2D eigenvalue weighted by Crippen LogP contribution is 2.27. The van der Waals surface area contributed by atoms with Crippen LogP contribution in [0.15, 0.2) is 24.3 Å². The zero-order valence-corrected chi connectivity index (χ0v) is 12.4. The second-order valence-electron chi connectivity index (χ2n) is 5.58. The van der Waals surface area contributed by atoms with Gasteiger partial charge in [0.25, 0.3) is 5.92 Å². The Morgan fingerprint density at radius 3 is 2.45 bits per heavy atom. The molecule has 0 bridgehead atoms. The van der Waals surface area contributed by atoms with Gasteiger partial charge in [0.15, 0.2) is 0 Å². The Balaban J connectivity index is 1.68. The molecule has 0 unspecified atom stereocenters. The number of rotatable bonds is 7. The third-order valence-electron chi connectivity index (χ3n) is 3.81. The van der Waals surface area contributed by atoms with Gasteiger partial charge in [-0.2, -0.15) is 0 Å². The molecule has 0 atom stereocenters. The van der Waals surface area contributed by atoms with Gasteiger partial charge in [0, 0.05) is 38.9 Å². The summed E-state index contributed by atoms with van der Waals surface area (Å²) in [5, 5.41) is 8.63. The zero-order valence-electron chi connectivity index (χ0n) is 12.4. The van der Waals surface area contributed by atoms with Crippen molar-refractivity contribution in [3.05, 3.63) is 29.8 Å². The predicted molar refractivity (Wildman–Crippen MR) is 78.5 cm³/mol. The lowest BCUT2D eigenvalue weighted by Crippen LogP contribution is -2.41. The fraction of sp³-hybridized carbons (Fsp3) is 0.562. The number of hydrogen-bond donors (Lipinski definition) is 1. The maximum absolute atomic E-state index is 13.0. The number of aliphatic carboxylic acids is 1. The largest absolute Gasteiger partial charge is 0.492 e. The normalized spacial score (nSPS) is 18.1. The van der Waals surface area contributed by atoms with E-state index >= 15 is 0 Å². The van der Waals surface area contributed by atoms with Crippen LogP contribution in [0.3, 0.4) is 0 Å². The highest BCUT2D eigenvalue weighted by Gasteiger charge is 2.33. The van der Waals surface area contributed by atoms with Gasteiger partial charge in [-0.1, -0.05) is 12.1 Å². The summed E-state index contributed by atoms with van der Waals surface area (Å²) in [5.41, 5.74) is 0.952. The van der Waals surface area contributed by atoms with E-state index in [2.05, 4.69) is 0 Å². The smallest absolute Gasteiger partial charge is 0.303 e. The van der Waals surface area contributed by atoms with Crippen molar-refractivity contribution >= 4 is 5.97 Å².